The number of amides is 1. The highest BCUT2D eigenvalue weighted by molar-refractivity contribution is 5.78. The summed E-state index contributed by atoms with van der Waals surface area (Å²) in [5.74, 6) is -0.438. The predicted octanol–water partition coefficient (Wildman–Crippen LogP) is 3.33. The smallest absolute Gasteiger partial charge is 0.269 e. The Morgan fingerprint density at radius 2 is 1.87 bits per heavy atom. The molecule has 0 aliphatic rings. The highest BCUT2D eigenvalue weighted by Crippen LogP contribution is 2.14. The van der Waals surface area contributed by atoms with Crippen LogP contribution < -0.4 is 0 Å². The van der Waals surface area contributed by atoms with Gasteiger partial charge in [-0.2, -0.15) is 0 Å². The Morgan fingerprint density at radius 3 is 2.43 bits per heavy atom. The number of carbonyl (C=O) groups is 1. The van der Waals surface area contributed by atoms with Gasteiger partial charge >= 0.3 is 0 Å². The first-order chi connectivity index (χ1) is 11.0. The SMILES string of the molecule is CCN(Cc1cccc(F)c1)C(=O)Cc1ccc([N+](=O)[O-])cc1. The molecule has 2 aromatic rings. The lowest BCUT2D eigenvalue weighted by Crippen LogP contribution is -2.31. The largest absolute Gasteiger partial charge is 0.338 e. The van der Waals surface area contributed by atoms with Crippen LogP contribution in [0.15, 0.2) is 48.5 Å². The summed E-state index contributed by atoms with van der Waals surface area (Å²) in [5.41, 5.74) is 1.43. The van der Waals surface area contributed by atoms with Crippen molar-refractivity contribution in [3.63, 3.8) is 0 Å². The van der Waals surface area contributed by atoms with E-state index in [4.69, 9.17) is 0 Å². The number of carbonyl (C=O) groups excluding carboxylic acids is 1. The second kappa shape index (κ2) is 7.49. The molecule has 0 radical (unpaired) electrons. The van der Waals surface area contributed by atoms with Gasteiger partial charge < -0.3 is 4.90 Å². The summed E-state index contributed by atoms with van der Waals surface area (Å²) in [7, 11) is 0. The first kappa shape index (κ1) is 16.6. The van der Waals surface area contributed by atoms with E-state index < -0.39 is 4.92 Å². The second-order valence-electron chi connectivity index (χ2n) is 5.14. The maximum absolute atomic E-state index is 13.2. The van der Waals surface area contributed by atoms with Gasteiger partial charge in [0.2, 0.25) is 5.91 Å². The molecular formula is C17H17FN2O3. The second-order valence-corrected chi connectivity index (χ2v) is 5.14. The number of nitro groups is 1. The Kier molecular flexibility index (Phi) is 5.41. The van der Waals surface area contributed by atoms with Gasteiger partial charge in [0.05, 0.1) is 11.3 Å². The third-order valence-corrected chi connectivity index (χ3v) is 3.50. The third-order valence-electron chi connectivity index (χ3n) is 3.50. The van der Waals surface area contributed by atoms with Gasteiger partial charge in [-0.3, -0.25) is 14.9 Å². The molecule has 120 valence electrons. The summed E-state index contributed by atoms with van der Waals surface area (Å²) < 4.78 is 13.2. The zero-order valence-corrected chi connectivity index (χ0v) is 12.7. The van der Waals surface area contributed by atoms with Gasteiger partial charge in [-0.05, 0) is 30.2 Å². The number of nitrogens with zero attached hydrogens (tertiary/aromatic N) is 2. The standard InChI is InChI=1S/C17H17FN2O3/c1-2-19(12-14-4-3-5-15(18)10-14)17(21)11-13-6-8-16(9-7-13)20(22)23/h3-10H,2,11-12H2,1H3. The van der Waals surface area contributed by atoms with Gasteiger partial charge in [0.1, 0.15) is 5.82 Å². The summed E-state index contributed by atoms with van der Waals surface area (Å²) in [6.45, 7) is 2.69. The molecule has 0 fully saturated rings. The minimum atomic E-state index is -0.478. The van der Waals surface area contributed by atoms with Crippen LogP contribution in [0.3, 0.4) is 0 Å². The lowest BCUT2D eigenvalue weighted by Gasteiger charge is -2.21. The van der Waals surface area contributed by atoms with Crippen molar-refractivity contribution < 1.29 is 14.1 Å². The quantitative estimate of drug-likeness (QED) is 0.606. The number of halogens is 1. The lowest BCUT2D eigenvalue weighted by atomic mass is 10.1. The number of nitro benzene ring substituents is 1. The fourth-order valence-electron chi connectivity index (χ4n) is 2.25. The van der Waals surface area contributed by atoms with Crippen LogP contribution in [0.2, 0.25) is 0 Å². The molecule has 0 spiro atoms. The Morgan fingerprint density at radius 1 is 1.17 bits per heavy atom. The van der Waals surface area contributed by atoms with Crippen LogP contribution in [0.25, 0.3) is 0 Å². The van der Waals surface area contributed by atoms with E-state index >= 15 is 0 Å². The van der Waals surface area contributed by atoms with E-state index in [-0.39, 0.29) is 23.8 Å². The number of hydrogen-bond donors (Lipinski definition) is 0. The number of rotatable bonds is 6. The topological polar surface area (TPSA) is 63.5 Å². The number of hydrogen-bond acceptors (Lipinski definition) is 3. The molecule has 2 rings (SSSR count). The molecule has 0 aromatic heterocycles. The van der Waals surface area contributed by atoms with E-state index in [1.54, 1.807) is 29.2 Å². The van der Waals surface area contributed by atoms with Gasteiger partial charge in [-0.15, -0.1) is 0 Å². The highest BCUT2D eigenvalue weighted by Gasteiger charge is 2.14. The van der Waals surface area contributed by atoms with E-state index in [1.165, 1.54) is 24.3 Å². The maximum atomic E-state index is 13.2. The normalized spacial score (nSPS) is 10.3. The molecule has 0 atom stereocenters. The van der Waals surface area contributed by atoms with Crippen molar-refractivity contribution in [1.82, 2.24) is 4.90 Å². The average Bonchev–Trinajstić information content (AvgIpc) is 2.53. The van der Waals surface area contributed by atoms with Crippen molar-refractivity contribution in [2.24, 2.45) is 0 Å². The van der Waals surface area contributed by atoms with Gasteiger partial charge in [0.25, 0.3) is 5.69 Å². The van der Waals surface area contributed by atoms with Crippen molar-refractivity contribution in [3.05, 3.63) is 75.6 Å². The summed E-state index contributed by atoms with van der Waals surface area (Å²) in [6, 6.07) is 12.1. The van der Waals surface area contributed by atoms with E-state index in [9.17, 15) is 19.3 Å². The molecule has 6 heteroatoms. The van der Waals surface area contributed by atoms with Gasteiger partial charge in [0, 0.05) is 25.2 Å². The molecule has 23 heavy (non-hydrogen) atoms. The van der Waals surface area contributed by atoms with Crippen LogP contribution in [0.1, 0.15) is 18.1 Å². The molecule has 0 saturated carbocycles. The molecule has 0 N–H and O–H groups in total. The van der Waals surface area contributed by atoms with Crippen molar-refractivity contribution >= 4 is 11.6 Å². The predicted molar refractivity (Wildman–Crippen MR) is 84.3 cm³/mol. The lowest BCUT2D eigenvalue weighted by molar-refractivity contribution is -0.384. The monoisotopic (exact) mass is 316 g/mol. The Labute approximate surface area is 133 Å². The fourth-order valence-corrected chi connectivity index (χ4v) is 2.25. The van der Waals surface area contributed by atoms with Crippen LogP contribution in [-0.2, 0) is 17.8 Å². The van der Waals surface area contributed by atoms with E-state index in [0.29, 0.717) is 18.7 Å². The minimum absolute atomic E-state index is 0.00620. The van der Waals surface area contributed by atoms with Crippen molar-refractivity contribution in [2.75, 3.05) is 6.54 Å². The van der Waals surface area contributed by atoms with Crippen LogP contribution in [0, 0.1) is 15.9 Å². The number of non-ortho nitro benzene ring substituents is 1. The molecular weight excluding hydrogens is 299 g/mol. The Balaban J connectivity index is 2.03. The van der Waals surface area contributed by atoms with Crippen LogP contribution >= 0.6 is 0 Å². The molecule has 0 aliphatic carbocycles. The maximum Gasteiger partial charge on any atom is 0.269 e. The van der Waals surface area contributed by atoms with Crippen molar-refractivity contribution in [3.8, 4) is 0 Å². The Hall–Kier alpha value is -2.76. The fraction of sp³-hybridized carbons (Fsp3) is 0.235. The number of likely N-dealkylation sites (N-methyl/N-ethyl adjacent to an activating group) is 1. The molecule has 0 unspecified atom stereocenters. The summed E-state index contributed by atoms with van der Waals surface area (Å²) in [4.78, 5) is 24.1. The van der Waals surface area contributed by atoms with Gasteiger partial charge in [-0.25, -0.2) is 4.39 Å². The van der Waals surface area contributed by atoms with Crippen LogP contribution in [0.5, 0.6) is 0 Å². The minimum Gasteiger partial charge on any atom is -0.338 e. The first-order valence-electron chi connectivity index (χ1n) is 7.25. The van der Waals surface area contributed by atoms with E-state index in [1.807, 2.05) is 6.92 Å². The molecule has 0 bridgehead atoms. The summed E-state index contributed by atoms with van der Waals surface area (Å²) in [5, 5.41) is 10.6. The average molecular weight is 316 g/mol. The van der Waals surface area contributed by atoms with Crippen molar-refractivity contribution in [1.29, 1.82) is 0 Å². The Bertz CT molecular complexity index is 701. The van der Waals surface area contributed by atoms with E-state index in [2.05, 4.69) is 0 Å². The molecule has 1 amide bonds. The highest BCUT2D eigenvalue weighted by atomic mass is 19.1. The molecule has 2 aromatic carbocycles. The van der Waals surface area contributed by atoms with E-state index in [0.717, 1.165) is 5.56 Å². The summed E-state index contributed by atoms with van der Waals surface area (Å²) in [6.07, 6.45) is 0.154. The molecule has 0 heterocycles. The van der Waals surface area contributed by atoms with Crippen molar-refractivity contribution in [2.45, 2.75) is 19.9 Å². The molecule has 0 aliphatic heterocycles. The zero-order valence-electron chi connectivity index (χ0n) is 12.7. The van der Waals surface area contributed by atoms with Gasteiger partial charge in [0.15, 0.2) is 0 Å². The first-order valence-corrected chi connectivity index (χ1v) is 7.25. The van der Waals surface area contributed by atoms with Crippen LogP contribution in [0.4, 0.5) is 10.1 Å². The van der Waals surface area contributed by atoms with Gasteiger partial charge in [-0.1, -0.05) is 24.3 Å². The molecule has 5 nitrogen and oxygen atoms in total. The third kappa shape index (κ3) is 4.60. The zero-order chi connectivity index (χ0) is 16.8. The molecule has 0 saturated heterocycles. The number of benzene rings is 2. The summed E-state index contributed by atoms with van der Waals surface area (Å²) >= 11 is 0. The van der Waals surface area contributed by atoms with Crippen LogP contribution in [-0.4, -0.2) is 22.3 Å².